The molecule has 0 bridgehead atoms. The molecule has 0 amide bonds. The zero-order chi connectivity index (χ0) is 20.6. The van der Waals surface area contributed by atoms with Crippen molar-refractivity contribution in [3.05, 3.63) is 0 Å². The van der Waals surface area contributed by atoms with Crippen LogP contribution in [0.4, 0.5) is 0 Å². The molecule has 0 aromatic carbocycles. The quantitative estimate of drug-likeness (QED) is 0.408. The van der Waals surface area contributed by atoms with Crippen LogP contribution in [0.25, 0.3) is 0 Å². The van der Waals surface area contributed by atoms with Gasteiger partial charge in [0, 0.05) is 23.7 Å². The highest BCUT2D eigenvalue weighted by Crippen LogP contribution is 2.59. The summed E-state index contributed by atoms with van der Waals surface area (Å²) in [4.78, 5) is 0. The minimum absolute atomic E-state index is 0.00694. The van der Waals surface area contributed by atoms with Crippen molar-refractivity contribution < 1.29 is 19.0 Å². The van der Waals surface area contributed by atoms with E-state index in [-0.39, 0.29) is 29.3 Å². The van der Waals surface area contributed by atoms with Gasteiger partial charge in [0.1, 0.15) is 5.60 Å². The van der Waals surface area contributed by atoms with E-state index < -0.39 is 20.4 Å². The van der Waals surface area contributed by atoms with E-state index in [2.05, 4.69) is 52.6 Å². The fourth-order valence-electron chi connectivity index (χ4n) is 5.28. The molecule has 3 fully saturated rings. The van der Waals surface area contributed by atoms with E-state index in [0.717, 1.165) is 25.7 Å². The molecule has 28 heavy (non-hydrogen) atoms. The highest BCUT2D eigenvalue weighted by Gasteiger charge is 2.64. The zero-order valence-electron chi connectivity index (χ0n) is 18.7. The van der Waals surface area contributed by atoms with E-state index >= 15 is 0 Å². The smallest absolute Gasteiger partial charge is 0.173 e. The Bertz CT molecular complexity index is 596. The van der Waals surface area contributed by atoms with Gasteiger partial charge in [-0.3, -0.25) is 0 Å². The molecule has 5 unspecified atom stereocenters. The molecule has 0 aromatic heterocycles. The van der Waals surface area contributed by atoms with Gasteiger partial charge < -0.3 is 19.0 Å². The van der Waals surface area contributed by atoms with Crippen molar-refractivity contribution in [2.45, 2.75) is 96.8 Å². The fraction of sp³-hybridized carbons (Fsp3) is 0.913. The van der Waals surface area contributed by atoms with E-state index in [0.29, 0.717) is 13.2 Å². The number of hydrogen-bond donors (Lipinski definition) is 1. The number of rotatable bonds is 6. The number of ether oxygens (including phenoxy) is 2. The van der Waals surface area contributed by atoms with Crippen LogP contribution in [0.3, 0.4) is 0 Å². The summed E-state index contributed by atoms with van der Waals surface area (Å²) in [5.74, 6) is 7.23. The molecule has 3 rings (SSSR count). The lowest BCUT2D eigenvalue weighted by Gasteiger charge is -2.48. The molecule has 160 valence electrons. The summed E-state index contributed by atoms with van der Waals surface area (Å²) in [7, 11) is -1.27. The first-order valence-corrected chi connectivity index (χ1v) is 14.1. The second kappa shape index (κ2) is 8.39. The summed E-state index contributed by atoms with van der Waals surface area (Å²) in [6.45, 7) is 14.8. The van der Waals surface area contributed by atoms with Crippen molar-refractivity contribution >= 4 is 9.04 Å². The Labute approximate surface area is 173 Å². The Kier molecular flexibility index (Phi) is 6.69. The third kappa shape index (κ3) is 4.09. The molecule has 1 N–H and O–H groups in total. The molecular formula is C23H40O4Si. The summed E-state index contributed by atoms with van der Waals surface area (Å²) in [6, 6.07) is 0. The maximum absolute atomic E-state index is 10.9. The van der Waals surface area contributed by atoms with E-state index in [1.165, 1.54) is 12.8 Å². The van der Waals surface area contributed by atoms with Gasteiger partial charge in [-0.2, -0.15) is 0 Å². The van der Waals surface area contributed by atoms with Crippen molar-refractivity contribution in [1.82, 2.24) is 0 Å². The lowest BCUT2D eigenvalue weighted by atomic mass is 9.69. The highest BCUT2D eigenvalue weighted by atomic mass is 28.3. The number of hydrogen-bond acceptors (Lipinski definition) is 4. The monoisotopic (exact) mass is 408 g/mol. The summed E-state index contributed by atoms with van der Waals surface area (Å²) in [5, 5.41) is 10.9. The van der Waals surface area contributed by atoms with Crippen molar-refractivity contribution in [3.8, 4) is 11.8 Å². The van der Waals surface area contributed by atoms with Crippen LogP contribution in [-0.2, 0) is 13.9 Å². The topological polar surface area (TPSA) is 47.9 Å². The molecular weight excluding hydrogens is 368 g/mol. The summed E-state index contributed by atoms with van der Waals surface area (Å²) < 4.78 is 18.4. The third-order valence-electron chi connectivity index (χ3n) is 6.98. The molecule has 4 nitrogen and oxygen atoms in total. The number of unbranched alkanes of at least 4 members (excludes halogenated alkanes) is 2. The van der Waals surface area contributed by atoms with Gasteiger partial charge in [0.25, 0.3) is 0 Å². The summed E-state index contributed by atoms with van der Waals surface area (Å²) in [5.41, 5.74) is -0.492. The van der Waals surface area contributed by atoms with Crippen LogP contribution in [0, 0.1) is 35.0 Å². The molecule has 0 aromatic rings. The van der Waals surface area contributed by atoms with Gasteiger partial charge in [-0.05, 0) is 38.3 Å². The molecule has 2 saturated carbocycles. The van der Waals surface area contributed by atoms with Gasteiger partial charge in [-0.25, -0.2) is 0 Å². The zero-order valence-corrected chi connectivity index (χ0v) is 19.9. The average Bonchev–Trinajstić information content (AvgIpc) is 3.17. The van der Waals surface area contributed by atoms with E-state index in [4.69, 9.17) is 13.9 Å². The Morgan fingerprint density at radius 2 is 1.86 bits per heavy atom. The number of fused-ring (bicyclic) bond motifs is 2. The van der Waals surface area contributed by atoms with Gasteiger partial charge >= 0.3 is 0 Å². The van der Waals surface area contributed by atoms with Crippen molar-refractivity contribution in [3.63, 3.8) is 0 Å². The minimum Gasteiger partial charge on any atom is -0.404 e. The summed E-state index contributed by atoms with van der Waals surface area (Å²) in [6.07, 6.45) is 5.80. The first-order valence-electron chi connectivity index (χ1n) is 11.3. The number of aliphatic hydroxyl groups excluding tert-OH is 1. The van der Waals surface area contributed by atoms with Gasteiger partial charge in [-0.15, -0.1) is 0 Å². The van der Waals surface area contributed by atoms with E-state index in [1.54, 1.807) is 0 Å². The number of aliphatic hydroxyl groups is 1. The Balaban J connectivity index is 1.80. The predicted octanol–water partition coefficient (Wildman–Crippen LogP) is 4.12. The van der Waals surface area contributed by atoms with Gasteiger partial charge in [0.05, 0.1) is 19.3 Å². The molecule has 1 saturated heterocycles. The van der Waals surface area contributed by atoms with Crippen molar-refractivity contribution in [2.75, 3.05) is 13.2 Å². The van der Waals surface area contributed by atoms with Crippen LogP contribution in [0.1, 0.15) is 66.2 Å². The molecule has 1 aliphatic heterocycles. The van der Waals surface area contributed by atoms with Crippen LogP contribution in [0.15, 0.2) is 0 Å². The first-order chi connectivity index (χ1) is 13.1. The van der Waals surface area contributed by atoms with Gasteiger partial charge in [0.15, 0.2) is 14.8 Å². The van der Waals surface area contributed by atoms with Crippen LogP contribution in [-0.4, -0.2) is 44.9 Å². The first kappa shape index (κ1) is 22.3. The molecule has 1 spiro atoms. The third-order valence-corrected chi connectivity index (χ3v) is 7.85. The molecule has 5 atom stereocenters. The normalized spacial score (nSPS) is 33.3. The lowest BCUT2D eigenvalue weighted by molar-refractivity contribution is -0.275. The molecule has 3 aliphatic rings. The Morgan fingerprint density at radius 1 is 1.18 bits per heavy atom. The van der Waals surface area contributed by atoms with Crippen molar-refractivity contribution in [1.29, 1.82) is 0 Å². The molecule has 2 aliphatic carbocycles. The summed E-state index contributed by atoms with van der Waals surface area (Å²) >= 11 is 0. The minimum atomic E-state index is -1.27. The predicted molar refractivity (Wildman–Crippen MR) is 114 cm³/mol. The molecule has 5 heteroatoms. The Hall–Kier alpha value is -0.383. The standard InChI is InChI=1S/C23H40O4Si/c1-7-8-9-11-22(21(2,3)4,27-28(5)6)12-10-17-15-19-18(20(17)24)16-23(19)25-13-14-26-23/h17-20,24,28H,7-9,11,13-16H2,1-6H3. The molecule has 1 heterocycles. The second-order valence-corrected chi connectivity index (χ2v) is 12.6. The van der Waals surface area contributed by atoms with Crippen LogP contribution in [0.2, 0.25) is 13.1 Å². The second-order valence-electron chi connectivity index (χ2n) is 10.3. The maximum atomic E-state index is 10.9. The van der Waals surface area contributed by atoms with Gasteiger partial charge in [0.2, 0.25) is 0 Å². The fourth-order valence-corrected chi connectivity index (χ4v) is 6.62. The Morgan fingerprint density at radius 3 is 2.43 bits per heavy atom. The van der Waals surface area contributed by atoms with Crippen LogP contribution >= 0.6 is 0 Å². The highest BCUT2D eigenvalue weighted by molar-refractivity contribution is 6.48. The van der Waals surface area contributed by atoms with Gasteiger partial charge in [-0.1, -0.05) is 52.4 Å². The SMILES string of the molecule is CCCCCC(C#CC1CC2C(CC23OCCO3)C1O)(O[SiH](C)C)C(C)(C)C. The average molecular weight is 409 g/mol. The van der Waals surface area contributed by atoms with Crippen LogP contribution < -0.4 is 0 Å². The maximum Gasteiger partial charge on any atom is 0.173 e. The van der Waals surface area contributed by atoms with Crippen LogP contribution in [0.5, 0.6) is 0 Å². The van der Waals surface area contributed by atoms with Crippen molar-refractivity contribution in [2.24, 2.45) is 23.2 Å². The molecule has 0 radical (unpaired) electrons. The largest absolute Gasteiger partial charge is 0.404 e. The van der Waals surface area contributed by atoms with E-state index in [9.17, 15) is 5.11 Å². The van der Waals surface area contributed by atoms with E-state index in [1.807, 2.05) is 0 Å². The lowest BCUT2D eigenvalue weighted by Crippen LogP contribution is -2.54.